The smallest absolute Gasteiger partial charge is 0.222 e. The van der Waals surface area contributed by atoms with Gasteiger partial charge >= 0.3 is 0 Å². The van der Waals surface area contributed by atoms with E-state index >= 15 is 0 Å². The summed E-state index contributed by atoms with van der Waals surface area (Å²) >= 11 is 0. The van der Waals surface area contributed by atoms with Gasteiger partial charge in [0.05, 0.1) is 19.8 Å². The minimum atomic E-state index is -1.03. The normalized spacial score (nSPS) is 16.0. The number of methoxy groups -OCH3 is 1. The van der Waals surface area contributed by atoms with Gasteiger partial charge in [-0.05, 0) is 49.2 Å². The fourth-order valence-corrected chi connectivity index (χ4v) is 5.81. The van der Waals surface area contributed by atoms with Crippen molar-refractivity contribution in [1.29, 1.82) is 0 Å². The predicted molar refractivity (Wildman–Crippen MR) is 183 cm³/mol. The van der Waals surface area contributed by atoms with E-state index in [1.165, 1.54) is 0 Å². The third-order valence-electron chi connectivity index (χ3n) is 8.54. The number of hydrogen-bond acceptors (Lipinski definition) is 7. The third-order valence-corrected chi connectivity index (χ3v) is 8.54. The zero-order valence-electron chi connectivity index (χ0n) is 27.5. The Balaban J connectivity index is 1.34. The Bertz CT molecular complexity index is 1470. The molecule has 1 unspecified atom stereocenters. The largest absolute Gasteiger partial charge is 0.378 e. The molecule has 1 aliphatic heterocycles. The van der Waals surface area contributed by atoms with Gasteiger partial charge in [-0.25, -0.2) is 0 Å². The minimum absolute atomic E-state index is 0.449. The molecule has 1 heterocycles. The first-order valence-electron chi connectivity index (χ1n) is 15.7. The van der Waals surface area contributed by atoms with Crippen molar-refractivity contribution in [3.05, 3.63) is 125 Å². The molecule has 4 aromatic rings. The fourth-order valence-electron chi connectivity index (χ4n) is 5.81. The quantitative estimate of drug-likeness (QED) is 0.163. The molecule has 1 fully saturated rings. The highest BCUT2D eigenvalue weighted by molar-refractivity contribution is 5.52. The van der Waals surface area contributed by atoms with Crippen molar-refractivity contribution in [2.75, 3.05) is 83.4 Å². The monoisotopic (exact) mass is 609 g/mol. The maximum absolute atomic E-state index is 6.66. The van der Waals surface area contributed by atoms with E-state index in [0.29, 0.717) is 26.4 Å². The van der Waals surface area contributed by atoms with Crippen molar-refractivity contribution < 1.29 is 18.9 Å². The highest BCUT2D eigenvalue weighted by Crippen LogP contribution is 2.39. The topological polar surface area (TPSA) is 46.6 Å². The molecule has 5 rings (SSSR count). The molecule has 0 saturated carbocycles. The molecule has 0 spiro atoms. The van der Waals surface area contributed by atoms with E-state index in [2.05, 4.69) is 94.5 Å². The van der Waals surface area contributed by atoms with Crippen molar-refractivity contribution in [1.82, 2.24) is 0 Å². The molecule has 7 nitrogen and oxygen atoms in total. The van der Waals surface area contributed by atoms with Crippen LogP contribution in [0.15, 0.2) is 103 Å². The van der Waals surface area contributed by atoms with Crippen molar-refractivity contribution >= 4 is 17.1 Å². The van der Waals surface area contributed by atoms with Crippen molar-refractivity contribution in [2.24, 2.45) is 0 Å². The van der Waals surface area contributed by atoms with Crippen LogP contribution in [-0.4, -0.2) is 68.7 Å². The zero-order valence-corrected chi connectivity index (χ0v) is 27.5. The van der Waals surface area contributed by atoms with E-state index in [1.807, 2.05) is 58.5 Å². The van der Waals surface area contributed by atoms with E-state index in [0.717, 1.165) is 52.2 Å². The van der Waals surface area contributed by atoms with Crippen LogP contribution >= 0.6 is 0 Å². The van der Waals surface area contributed by atoms with Crippen LogP contribution in [0.3, 0.4) is 0 Å². The van der Waals surface area contributed by atoms with Gasteiger partial charge in [-0.15, -0.1) is 0 Å². The first-order valence-corrected chi connectivity index (χ1v) is 15.7. The van der Waals surface area contributed by atoms with Crippen LogP contribution in [0.1, 0.15) is 35.1 Å². The SMILES string of the molecule is COC(OCCN(C)c1ccc(C2(c3ccc(N(C)C)cc3)OCCCCO2)cc1)(c1ccccc1)c1ccc(N(C)C)cc1. The van der Waals surface area contributed by atoms with Gasteiger partial charge in [0.2, 0.25) is 11.6 Å². The number of nitrogens with zero attached hydrogens (tertiary/aromatic N) is 3. The zero-order chi connectivity index (χ0) is 31.9. The molecule has 0 aliphatic carbocycles. The molecule has 1 atom stereocenters. The summed E-state index contributed by atoms with van der Waals surface area (Å²) in [7, 11) is 11.9. The summed E-state index contributed by atoms with van der Waals surface area (Å²) in [6.45, 7) is 2.41. The molecule has 1 aliphatic rings. The molecular weight excluding hydrogens is 562 g/mol. The second-order valence-corrected chi connectivity index (χ2v) is 11.9. The van der Waals surface area contributed by atoms with Gasteiger partial charge in [0.1, 0.15) is 0 Å². The minimum Gasteiger partial charge on any atom is -0.378 e. The van der Waals surface area contributed by atoms with Crippen molar-refractivity contribution in [3.63, 3.8) is 0 Å². The van der Waals surface area contributed by atoms with Gasteiger partial charge < -0.3 is 33.6 Å². The Hall–Kier alpha value is -3.88. The van der Waals surface area contributed by atoms with E-state index in [9.17, 15) is 0 Å². The van der Waals surface area contributed by atoms with Crippen LogP contribution in [0.5, 0.6) is 0 Å². The van der Waals surface area contributed by atoms with Crippen LogP contribution < -0.4 is 14.7 Å². The van der Waals surface area contributed by atoms with Gasteiger partial charge in [0, 0.05) is 88.2 Å². The Morgan fingerprint density at radius 1 is 0.622 bits per heavy atom. The summed E-state index contributed by atoms with van der Waals surface area (Å²) in [4.78, 5) is 6.37. The fraction of sp³-hybridized carbons (Fsp3) is 0.368. The first kappa shape index (κ1) is 32.5. The number of hydrogen-bond donors (Lipinski definition) is 0. The molecule has 0 bridgehead atoms. The summed E-state index contributed by atoms with van der Waals surface area (Å²) < 4.78 is 25.8. The van der Waals surface area contributed by atoms with Gasteiger partial charge in [-0.3, -0.25) is 0 Å². The number of ether oxygens (including phenoxy) is 4. The lowest BCUT2D eigenvalue weighted by Gasteiger charge is -2.35. The van der Waals surface area contributed by atoms with Gasteiger partial charge in [-0.1, -0.05) is 66.7 Å². The molecule has 45 heavy (non-hydrogen) atoms. The van der Waals surface area contributed by atoms with Crippen molar-refractivity contribution in [3.8, 4) is 0 Å². The van der Waals surface area contributed by atoms with Gasteiger partial charge in [0.25, 0.3) is 0 Å². The number of rotatable bonds is 12. The van der Waals surface area contributed by atoms with E-state index in [1.54, 1.807) is 7.11 Å². The second kappa shape index (κ2) is 14.5. The van der Waals surface area contributed by atoms with Crippen LogP contribution in [0.25, 0.3) is 0 Å². The third kappa shape index (κ3) is 7.02. The number of likely N-dealkylation sites (N-methyl/N-ethyl adjacent to an activating group) is 1. The maximum Gasteiger partial charge on any atom is 0.222 e. The molecular formula is C38H47N3O4. The Morgan fingerprint density at radius 2 is 1.09 bits per heavy atom. The average molecular weight is 610 g/mol. The standard InChI is InChI=1S/C38H47N3O4/c1-39(2)34-20-14-31(15-21-34)37(42-6,30-12-8-7-9-13-30)45-29-26-41(5)36-24-18-33(19-25-36)38(43-27-10-11-28-44-38)32-16-22-35(23-17-32)40(3)4/h7-9,12-25H,10-11,26-29H2,1-6H3. The highest BCUT2D eigenvalue weighted by Gasteiger charge is 2.38. The molecule has 1 saturated heterocycles. The molecule has 0 radical (unpaired) electrons. The van der Waals surface area contributed by atoms with E-state index in [4.69, 9.17) is 18.9 Å². The predicted octanol–water partition coefficient (Wildman–Crippen LogP) is 6.85. The summed E-state index contributed by atoms with van der Waals surface area (Å²) in [5.74, 6) is -1.96. The summed E-state index contributed by atoms with van der Waals surface area (Å²) in [6, 6.07) is 35.4. The summed E-state index contributed by atoms with van der Waals surface area (Å²) in [5.41, 5.74) is 7.21. The number of benzene rings is 4. The average Bonchev–Trinajstić information content (AvgIpc) is 3.35. The van der Waals surface area contributed by atoms with Crippen molar-refractivity contribution in [2.45, 2.75) is 24.4 Å². The van der Waals surface area contributed by atoms with Gasteiger partial charge in [-0.2, -0.15) is 0 Å². The molecule has 4 aromatic carbocycles. The van der Waals surface area contributed by atoms with Crippen LogP contribution in [0.2, 0.25) is 0 Å². The lowest BCUT2D eigenvalue weighted by Crippen LogP contribution is -2.36. The van der Waals surface area contributed by atoms with E-state index < -0.39 is 11.6 Å². The van der Waals surface area contributed by atoms with Crippen LogP contribution in [0, 0.1) is 0 Å². The van der Waals surface area contributed by atoms with Crippen LogP contribution in [-0.2, 0) is 30.5 Å². The van der Waals surface area contributed by atoms with Crippen LogP contribution in [0.4, 0.5) is 17.1 Å². The molecule has 0 aromatic heterocycles. The highest BCUT2D eigenvalue weighted by atomic mass is 16.7. The van der Waals surface area contributed by atoms with E-state index in [-0.39, 0.29) is 0 Å². The van der Waals surface area contributed by atoms with Gasteiger partial charge in [0.15, 0.2) is 0 Å². The lowest BCUT2D eigenvalue weighted by molar-refractivity contribution is -0.204. The lowest BCUT2D eigenvalue weighted by atomic mass is 9.96. The Labute approximate surface area is 268 Å². The second-order valence-electron chi connectivity index (χ2n) is 11.9. The summed E-state index contributed by atoms with van der Waals surface area (Å²) in [5, 5.41) is 0. The maximum atomic E-state index is 6.66. The molecule has 7 heteroatoms. The Kier molecular flexibility index (Phi) is 10.5. The molecule has 238 valence electrons. The molecule has 0 amide bonds. The molecule has 0 N–H and O–H groups in total. The number of anilines is 3. The summed E-state index contributed by atoms with van der Waals surface area (Å²) in [6.07, 6.45) is 1.95. The first-order chi connectivity index (χ1) is 21.8. The Morgan fingerprint density at radius 3 is 1.58 bits per heavy atom.